The lowest BCUT2D eigenvalue weighted by Crippen LogP contribution is -2.52. The van der Waals surface area contributed by atoms with Gasteiger partial charge in [-0.05, 0) is 130 Å². The normalized spacial score (nSPS) is 28.9. The van der Waals surface area contributed by atoms with Gasteiger partial charge < -0.3 is 9.84 Å². The van der Waals surface area contributed by atoms with Crippen molar-refractivity contribution in [3.05, 3.63) is 60.0 Å². The van der Waals surface area contributed by atoms with Crippen molar-refractivity contribution in [2.24, 2.45) is 11.3 Å². The number of hydrogen-bond donors (Lipinski definition) is 1. The fraction of sp³-hybridized carbons (Fsp3) is 0.571. The minimum atomic E-state index is -0.281. The SMILES string of the molecule is COc1ccc(C23CCC(CN(c4cc(-c5cnn(C6CC6)c5)ccn4)C(=O)[C@H]4CC[C@H](O)CC4)(CC2)CC3)cc1C. The summed E-state index contributed by atoms with van der Waals surface area (Å²) in [6.45, 7) is 2.86. The fourth-order valence-corrected chi connectivity index (χ4v) is 8.06. The van der Waals surface area contributed by atoms with Crippen molar-refractivity contribution in [2.75, 3.05) is 18.6 Å². The van der Waals surface area contributed by atoms with Gasteiger partial charge in [0.05, 0.1) is 25.5 Å². The predicted octanol–water partition coefficient (Wildman–Crippen LogP) is 6.77. The number of aryl methyl sites for hydroxylation is 1. The van der Waals surface area contributed by atoms with Crippen molar-refractivity contribution in [2.45, 2.75) is 102 Å². The maximum atomic E-state index is 14.3. The lowest BCUT2D eigenvalue weighted by atomic mass is 9.51. The van der Waals surface area contributed by atoms with Crippen LogP contribution in [0.3, 0.4) is 0 Å². The molecule has 0 unspecified atom stereocenters. The summed E-state index contributed by atoms with van der Waals surface area (Å²) in [7, 11) is 1.74. The zero-order valence-electron chi connectivity index (χ0n) is 25.1. The third-order valence-electron chi connectivity index (χ3n) is 11.1. The Labute approximate surface area is 249 Å². The van der Waals surface area contributed by atoms with Crippen molar-refractivity contribution in [1.29, 1.82) is 0 Å². The van der Waals surface area contributed by atoms with Crippen LogP contribution in [0, 0.1) is 18.3 Å². The molecule has 2 aromatic heterocycles. The van der Waals surface area contributed by atoms with Gasteiger partial charge in [-0.2, -0.15) is 5.10 Å². The van der Waals surface area contributed by atoms with Crippen LogP contribution in [0.25, 0.3) is 11.1 Å². The number of fused-ring (bicyclic) bond motifs is 3. The molecular weight excluding hydrogens is 524 g/mol. The van der Waals surface area contributed by atoms with Gasteiger partial charge in [-0.3, -0.25) is 14.4 Å². The van der Waals surface area contributed by atoms with E-state index in [0.717, 1.165) is 80.6 Å². The largest absolute Gasteiger partial charge is 0.496 e. The predicted molar refractivity (Wildman–Crippen MR) is 164 cm³/mol. The number of anilines is 1. The van der Waals surface area contributed by atoms with E-state index < -0.39 is 0 Å². The molecule has 0 saturated heterocycles. The molecule has 1 N–H and O–H groups in total. The number of hydrogen-bond acceptors (Lipinski definition) is 5. The average Bonchev–Trinajstić information content (AvgIpc) is 3.76. The summed E-state index contributed by atoms with van der Waals surface area (Å²) in [5.74, 6) is 1.84. The molecule has 5 saturated carbocycles. The maximum Gasteiger partial charge on any atom is 0.231 e. The van der Waals surface area contributed by atoms with E-state index in [1.165, 1.54) is 24.0 Å². The highest BCUT2D eigenvalue weighted by Gasteiger charge is 2.50. The van der Waals surface area contributed by atoms with Crippen molar-refractivity contribution < 1.29 is 14.6 Å². The standard InChI is InChI=1S/C35H44N4O3/c1-24-19-28(5-10-31(24)42-2)35-15-12-34(13-16-35,14-17-35)23-38(33(41)25-3-8-30(40)9-4-25)32-20-26(11-18-36-32)27-21-37-39(22-27)29-6-7-29/h5,10-11,18-22,25,29-30,40H,3-4,6-9,12-17,23H2,1-2H3/t25-,30-,34?,35?. The summed E-state index contributed by atoms with van der Waals surface area (Å²) >= 11 is 0. The summed E-state index contributed by atoms with van der Waals surface area (Å²) in [6.07, 6.45) is 17.8. The minimum Gasteiger partial charge on any atom is -0.496 e. The highest BCUT2D eigenvalue weighted by molar-refractivity contribution is 5.95. The maximum absolute atomic E-state index is 14.3. The van der Waals surface area contributed by atoms with Gasteiger partial charge in [0.2, 0.25) is 5.91 Å². The molecule has 8 rings (SSSR count). The monoisotopic (exact) mass is 568 g/mol. The Morgan fingerprint density at radius 1 is 1.00 bits per heavy atom. The summed E-state index contributed by atoms with van der Waals surface area (Å²) < 4.78 is 7.61. The second kappa shape index (κ2) is 10.8. The molecule has 0 aliphatic heterocycles. The average molecular weight is 569 g/mol. The van der Waals surface area contributed by atoms with Crippen LogP contribution in [0.4, 0.5) is 5.82 Å². The van der Waals surface area contributed by atoms with E-state index in [-0.39, 0.29) is 28.8 Å². The summed E-state index contributed by atoms with van der Waals surface area (Å²) in [6, 6.07) is 11.4. The molecule has 7 nitrogen and oxygen atoms in total. The van der Waals surface area contributed by atoms with Crippen LogP contribution in [0.1, 0.15) is 94.2 Å². The molecule has 42 heavy (non-hydrogen) atoms. The fourth-order valence-electron chi connectivity index (χ4n) is 8.06. The Balaban J connectivity index is 1.15. The van der Waals surface area contributed by atoms with Crippen LogP contribution in [-0.2, 0) is 10.2 Å². The number of nitrogens with zero attached hydrogens (tertiary/aromatic N) is 4. The number of rotatable bonds is 8. The van der Waals surface area contributed by atoms with Gasteiger partial charge in [0, 0.05) is 30.4 Å². The Morgan fingerprint density at radius 2 is 1.74 bits per heavy atom. The minimum absolute atomic E-state index is 0.0542. The first-order valence-electron chi connectivity index (χ1n) is 16.0. The highest BCUT2D eigenvalue weighted by atomic mass is 16.5. The second-order valence-corrected chi connectivity index (χ2v) is 13.7. The van der Waals surface area contributed by atoms with Crippen LogP contribution < -0.4 is 9.64 Å². The Morgan fingerprint density at radius 3 is 2.40 bits per heavy atom. The topological polar surface area (TPSA) is 80.5 Å². The van der Waals surface area contributed by atoms with E-state index in [0.29, 0.717) is 18.9 Å². The van der Waals surface area contributed by atoms with Gasteiger partial charge in [0.15, 0.2) is 0 Å². The summed E-state index contributed by atoms with van der Waals surface area (Å²) in [5, 5.41) is 14.7. The number of methoxy groups -OCH3 is 1. The molecule has 0 atom stereocenters. The molecule has 5 aliphatic carbocycles. The van der Waals surface area contributed by atoms with E-state index in [1.807, 2.05) is 23.4 Å². The smallest absolute Gasteiger partial charge is 0.231 e. The van der Waals surface area contributed by atoms with E-state index in [1.54, 1.807) is 7.11 Å². The zero-order valence-corrected chi connectivity index (χ0v) is 25.1. The lowest BCUT2D eigenvalue weighted by molar-refractivity contribution is -0.124. The molecule has 5 fully saturated rings. The van der Waals surface area contributed by atoms with Crippen molar-refractivity contribution in [3.63, 3.8) is 0 Å². The van der Waals surface area contributed by atoms with Crippen molar-refractivity contribution >= 4 is 11.7 Å². The molecule has 7 heteroatoms. The van der Waals surface area contributed by atoms with Gasteiger partial charge in [0.25, 0.3) is 0 Å². The first-order chi connectivity index (χ1) is 20.4. The zero-order chi connectivity index (χ0) is 28.9. The Hall–Kier alpha value is -3.19. The molecule has 2 bridgehead atoms. The number of aromatic nitrogens is 3. The van der Waals surface area contributed by atoms with Gasteiger partial charge in [-0.25, -0.2) is 4.98 Å². The van der Waals surface area contributed by atoms with Gasteiger partial charge in [-0.1, -0.05) is 12.1 Å². The molecular formula is C35H44N4O3. The van der Waals surface area contributed by atoms with E-state index >= 15 is 0 Å². The molecule has 222 valence electrons. The van der Waals surface area contributed by atoms with Crippen LogP contribution >= 0.6 is 0 Å². The first-order valence-corrected chi connectivity index (χ1v) is 16.0. The third-order valence-corrected chi connectivity index (χ3v) is 11.1. The van der Waals surface area contributed by atoms with E-state index in [2.05, 4.69) is 47.2 Å². The lowest BCUT2D eigenvalue weighted by Gasteiger charge is -2.55. The molecule has 1 amide bonds. The molecule has 3 aromatic rings. The number of carbonyl (C=O) groups is 1. The van der Waals surface area contributed by atoms with Crippen LogP contribution in [0.15, 0.2) is 48.9 Å². The Bertz CT molecular complexity index is 1430. The van der Waals surface area contributed by atoms with Crippen LogP contribution in [-0.4, -0.2) is 45.5 Å². The van der Waals surface area contributed by atoms with Crippen LogP contribution in [0.2, 0.25) is 0 Å². The second-order valence-electron chi connectivity index (χ2n) is 13.7. The van der Waals surface area contributed by atoms with E-state index in [4.69, 9.17) is 9.72 Å². The number of aliphatic hydroxyl groups excluding tert-OH is 1. The van der Waals surface area contributed by atoms with Gasteiger partial charge >= 0.3 is 0 Å². The van der Waals surface area contributed by atoms with Crippen molar-refractivity contribution in [3.8, 4) is 16.9 Å². The molecule has 0 radical (unpaired) electrons. The first kappa shape index (κ1) is 27.6. The number of amides is 1. The summed E-state index contributed by atoms with van der Waals surface area (Å²) in [5.41, 5.74) is 5.13. The Kier molecular flexibility index (Phi) is 7.12. The number of pyridine rings is 1. The quantitative estimate of drug-likeness (QED) is 0.324. The van der Waals surface area contributed by atoms with E-state index in [9.17, 15) is 9.90 Å². The molecule has 5 aliphatic rings. The number of ether oxygens (including phenoxy) is 1. The number of carbonyl (C=O) groups excluding carboxylic acids is 1. The number of aliphatic hydroxyl groups is 1. The van der Waals surface area contributed by atoms with Gasteiger partial charge in [0.1, 0.15) is 11.6 Å². The van der Waals surface area contributed by atoms with Crippen LogP contribution in [0.5, 0.6) is 5.75 Å². The summed E-state index contributed by atoms with van der Waals surface area (Å²) in [4.78, 5) is 21.1. The third kappa shape index (κ3) is 5.14. The van der Waals surface area contributed by atoms with Crippen molar-refractivity contribution in [1.82, 2.24) is 14.8 Å². The molecule has 0 spiro atoms. The number of benzene rings is 1. The molecule has 1 aromatic carbocycles. The molecule has 2 heterocycles. The van der Waals surface area contributed by atoms with Gasteiger partial charge in [-0.15, -0.1) is 0 Å². The highest BCUT2D eigenvalue weighted by Crippen LogP contribution is 2.58.